The van der Waals surface area contributed by atoms with Crippen molar-refractivity contribution >= 4 is 23.2 Å². The summed E-state index contributed by atoms with van der Waals surface area (Å²) in [7, 11) is 0. The zero-order chi connectivity index (χ0) is 19.7. The zero-order valence-corrected chi connectivity index (χ0v) is 15.9. The number of oxazole rings is 1. The van der Waals surface area contributed by atoms with Crippen LogP contribution in [-0.4, -0.2) is 28.6 Å². The fraction of sp³-hybridized carbons (Fsp3) is 0.250. The molecule has 144 valence electrons. The maximum Gasteiger partial charge on any atom is 0.330 e. The lowest BCUT2D eigenvalue weighted by atomic mass is 10.0. The van der Waals surface area contributed by atoms with Crippen LogP contribution >= 0.6 is 11.3 Å². The Hall–Kier alpha value is -3.13. The maximum atomic E-state index is 12.5. The van der Waals surface area contributed by atoms with E-state index in [0.717, 1.165) is 22.6 Å². The second kappa shape index (κ2) is 7.47. The summed E-state index contributed by atoms with van der Waals surface area (Å²) in [6, 6.07) is 7.83. The predicted molar refractivity (Wildman–Crippen MR) is 102 cm³/mol. The number of carboxylic acid groups (broad SMARTS) is 1. The van der Waals surface area contributed by atoms with Crippen LogP contribution in [0.3, 0.4) is 0 Å². The lowest BCUT2D eigenvalue weighted by molar-refractivity contribution is -0.142. The molecule has 3 heterocycles. The first-order valence-electron chi connectivity index (χ1n) is 8.79. The molecule has 8 heteroatoms. The van der Waals surface area contributed by atoms with Crippen LogP contribution in [0.5, 0.6) is 5.75 Å². The Balaban J connectivity index is 1.49. The van der Waals surface area contributed by atoms with E-state index in [1.54, 1.807) is 25.1 Å². The van der Waals surface area contributed by atoms with Gasteiger partial charge in [0.25, 0.3) is 0 Å². The minimum Gasteiger partial charge on any atom is -0.493 e. The van der Waals surface area contributed by atoms with Gasteiger partial charge < -0.3 is 19.6 Å². The number of carbonyl (C=O) groups is 2. The van der Waals surface area contributed by atoms with Crippen molar-refractivity contribution in [3.05, 3.63) is 58.3 Å². The van der Waals surface area contributed by atoms with E-state index in [2.05, 4.69) is 10.3 Å². The van der Waals surface area contributed by atoms with E-state index in [1.165, 1.54) is 11.3 Å². The summed E-state index contributed by atoms with van der Waals surface area (Å²) in [5.41, 5.74) is 1.96. The molecule has 2 aromatic heterocycles. The quantitative estimate of drug-likeness (QED) is 0.661. The molecule has 2 N–H and O–H groups in total. The third-order valence-corrected chi connectivity index (χ3v) is 5.41. The Morgan fingerprint density at radius 1 is 1.36 bits per heavy atom. The minimum atomic E-state index is -1.14. The van der Waals surface area contributed by atoms with Crippen molar-refractivity contribution in [3.63, 3.8) is 0 Å². The molecule has 0 fully saturated rings. The number of carbonyl (C=O) groups excluding carboxylic acids is 1. The van der Waals surface area contributed by atoms with Gasteiger partial charge in [0.1, 0.15) is 11.5 Å². The van der Waals surface area contributed by atoms with Crippen LogP contribution in [0.4, 0.5) is 0 Å². The fourth-order valence-electron chi connectivity index (χ4n) is 3.14. The Kier molecular flexibility index (Phi) is 4.87. The van der Waals surface area contributed by atoms with E-state index in [9.17, 15) is 14.7 Å². The van der Waals surface area contributed by atoms with E-state index >= 15 is 0 Å². The largest absolute Gasteiger partial charge is 0.493 e. The van der Waals surface area contributed by atoms with Crippen LogP contribution in [-0.2, 0) is 22.4 Å². The summed E-state index contributed by atoms with van der Waals surface area (Å²) in [5, 5.41) is 14.1. The van der Waals surface area contributed by atoms with Gasteiger partial charge in [-0.15, -0.1) is 11.3 Å². The highest BCUT2D eigenvalue weighted by Gasteiger charge is 2.25. The van der Waals surface area contributed by atoms with Gasteiger partial charge >= 0.3 is 5.97 Å². The molecule has 28 heavy (non-hydrogen) atoms. The van der Waals surface area contributed by atoms with Crippen molar-refractivity contribution in [3.8, 4) is 16.5 Å². The highest BCUT2D eigenvalue weighted by Crippen LogP contribution is 2.29. The number of hydrogen-bond donors (Lipinski definition) is 2. The number of aliphatic carboxylic acids is 1. The number of benzene rings is 1. The van der Waals surface area contributed by atoms with E-state index in [0.29, 0.717) is 29.5 Å². The number of nitrogens with zero attached hydrogens (tertiary/aromatic N) is 1. The second-order valence-corrected chi connectivity index (χ2v) is 7.43. The molecule has 1 aliphatic rings. The smallest absolute Gasteiger partial charge is 0.330 e. The molecular weight excluding hydrogens is 380 g/mol. The molecular formula is C20H18N2O5S. The first-order valence-corrected chi connectivity index (χ1v) is 9.67. The lowest BCUT2D eigenvalue weighted by Crippen LogP contribution is -2.35. The van der Waals surface area contributed by atoms with E-state index < -0.39 is 17.9 Å². The second-order valence-electron chi connectivity index (χ2n) is 6.48. The molecule has 0 saturated heterocycles. The highest BCUT2D eigenvalue weighted by atomic mass is 32.1. The normalized spacial score (nSPS) is 13.6. The SMILES string of the molecule is Cc1oc(-c2cccs2)nc1CC(=O)NC(C(=O)O)c1ccc2c(c1)CCO2. The molecule has 0 bridgehead atoms. The molecule has 7 nitrogen and oxygen atoms in total. The lowest BCUT2D eigenvalue weighted by Gasteiger charge is -2.15. The molecule has 0 radical (unpaired) electrons. The van der Waals surface area contributed by atoms with Gasteiger partial charge in [-0.25, -0.2) is 9.78 Å². The first kappa shape index (κ1) is 18.2. The molecule has 0 spiro atoms. The predicted octanol–water partition coefficient (Wildman–Crippen LogP) is 3.13. The monoisotopic (exact) mass is 398 g/mol. The van der Waals surface area contributed by atoms with Gasteiger partial charge in [0.2, 0.25) is 11.8 Å². The minimum absolute atomic E-state index is 0.0570. The summed E-state index contributed by atoms with van der Waals surface area (Å²) in [6.45, 7) is 2.32. The summed E-state index contributed by atoms with van der Waals surface area (Å²) < 4.78 is 11.1. The molecule has 1 amide bonds. The molecule has 0 saturated carbocycles. The first-order chi connectivity index (χ1) is 13.5. The number of rotatable bonds is 6. The van der Waals surface area contributed by atoms with Crippen LogP contribution in [0.1, 0.15) is 28.6 Å². The van der Waals surface area contributed by atoms with Crippen molar-refractivity contribution in [2.24, 2.45) is 0 Å². The third-order valence-electron chi connectivity index (χ3n) is 4.55. The van der Waals surface area contributed by atoms with Crippen LogP contribution in [0.15, 0.2) is 40.1 Å². The number of nitrogens with one attached hydrogen (secondary N) is 1. The van der Waals surface area contributed by atoms with Gasteiger partial charge in [-0.2, -0.15) is 0 Å². The van der Waals surface area contributed by atoms with E-state index in [1.807, 2.05) is 17.5 Å². The summed E-state index contributed by atoms with van der Waals surface area (Å²) >= 11 is 1.49. The number of aromatic nitrogens is 1. The standard InChI is InChI=1S/C20H18N2O5S/c1-11-14(21-19(27-11)16-3-2-8-28-16)10-17(23)22-18(20(24)25)13-4-5-15-12(9-13)6-7-26-15/h2-5,8-9,18H,6-7,10H2,1H3,(H,22,23)(H,24,25). The Morgan fingerprint density at radius 3 is 2.96 bits per heavy atom. The van der Waals surface area contributed by atoms with Gasteiger partial charge in [0.05, 0.1) is 23.6 Å². The summed E-state index contributed by atoms with van der Waals surface area (Å²) in [4.78, 5) is 29.5. The van der Waals surface area contributed by atoms with Gasteiger partial charge in [-0.1, -0.05) is 12.1 Å². The van der Waals surface area contributed by atoms with Crippen molar-refractivity contribution in [1.82, 2.24) is 10.3 Å². The van der Waals surface area contributed by atoms with Gasteiger partial charge in [0, 0.05) is 6.42 Å². The number of hydrogen-bond acceptors (Lipinski definition) is 6. The number of fused-ring (bicyclic) bond motifs is 1. The third kappa shape index (κ3) is 3.63. The van der Waals surface area contributed by atoms with E-state index in [4.69, 9.17) is 9.15 Å². The van der Waals surface area contributed by atoms with Crippen LogP contribution in [0.2, 0.25) is 0 Å². The molecule has 0 aliphatic carbocycles. The molecule has 4 rings (SSSR count). The molecule has 1 aliphatic heterocycles. The van der Waals surface area contributed by atoms with Crippen molar-refractivity contribution in [1.29, 1.82) is 0 Å². The van der Waals surface area contributed by atoms with Gasteiger partial charge in [-0.05, 0) is 41.6 Å². The number of amides is 1. The van der Waals surface area contributed by atoms with Crippen molar-refractivity contribution in [2.45, 2.75) is 25.8 Å². The average molecular weight is 398 g/mol. The molecule has 1 unspecified atom stereocenters. The van der Waals surface area contributed by atoms with Gasteiger partial charge in [-0.3, -0.25) is 4.79 Å². The fourth-order valence-corrected chi connectivity index (χ4v) is 3.78. The summed E-state index contributed by atoms with van der Waals surface area (Å²) in [5.74, 6) is 0.212. The number of aryl methyl sites for hydroxylation is 1. The number of carboxylic acids is 1. The van der Waals surface area contributed by atoms with Crippen molar-refractivity contribution in [2.75, 3.05) is 6.61 Å². The number of thiophene rings is 1. The van der Waals surface area contributed by atoms with E-state index in [-0.39, 0.29) is 6.42 Å². The number of ether oxygens (including phenoxy) is 1. The van der Waals surface area contributed by atoms with Crippen LogP contribution in [0.25, 0.3) is 10.8 Å². The molecule has 1 aromatic carbocycles. The Morgan fingerprint density at radius 2 is 2.21 bits per heavy atom. The maximum absolute atomic E-state index is 12.5. The van der Waals surface area contributed by atoms with Crippen LogP contribution in [0, 0.1) is 6.92 Å². The van der Waals surface area contributed by atoms with Gasteiger partial charge in [0.15, 0.2) is 6.04 Å². The Bertz CT molecular complexity index is 1030. The zero-order valence-electron chi connectivity index (χ0n) is 15.1. The van der Waals surface area contributed by atoms with Crippen molar-refractivity contribution < 1.29 is 23.8 Å². The highest BCUT2D eigenvalue weighted by molar-refractivity contribution is 7.13. The molecule has 1 atom stereocenters. The molecule has 3 aromatic rings. The summed E-state index contributed by atoms with van der Waals surface area (Å²) in [6.07, 6.45) is 0.672. The average Bonchev–Trinajstić information content (AvgIpc) is 3.40. The topological polar surface area (TPSA) is 102 Å². The van der Waals surface area contributed by atoms with Crippen LogP contribution < -0.4 is 10.1 Å². The Labute approximate surface area is 165 Å².